The molecule has 40 heavy (non-hydrogen) atoms. The maximum absolute atomic E-state index is 14.0. The Hall–Kier alpha value is -3.01. The lowest BCUT2D eigenvalue weighted by molar-refractivity contribution is 0.0249. The molecule has 1 aliphatic rings. The van der Waals surface area contributed by atoms with E-state index < -0.39 is 15.8 Å². The minimum atomic E-state index is -3.88. The van der Waals surface area contributed by atoms with Gasteiger partial charge in [-0.1, -0.05) is 32.9 Å². The molecule has 8 nitrogen and oxygen atoms in total. The monoisotopic (exact) mass is 567 g/mol. The van der Waals surface area contributed by atoms with Gasteiger partial charge in [-0.05, 0) is 75.2 Å². The van der Waals surface area contributed by atoms with Crippen molar-refractivity contribution >= 4 is 32.4 Å². The van der Waals surface area contributed by atoms with Crippen LogP contribution in [0, 0.1) is 0 Å². The zero-order valence-electron chi connectivity index (χ0n) is 24.1. The van der Waals surface area contributed by atoms with Gasteiger partial charge in [-0.15, -0.1) is 0 Å². The van der Waals surface area contributed by atoms with E-state index in [1.54, 1.807) is 37.3 Å². The van der Waals surface area contributed by atoms with Gasteiger partial charge in [0.2, 0.25) is 9.84 Å². The average Bonchev–Trinajstić information content (AvgIpc) is 2.99. The van der Waals surface area contributed by atoms with Crippen LogP contribution in [0.3, 0.4) is 0 Å². The molecule has 0 amide bonds. The Bertz CT molecular complexity index is 1400. The van der Waals surface area contributed by atoms with Crippen LogP contribution in [0.1, 0.15) is 56.5 Å². The molecule has 0 N–H and O–H groups in total. The second-order valence-electron chi connectivity index (χ2n) is 10.0. The number of pyridine rings is 1. The van der Waals surface area contributed by atoms with Gasteiger partial charge < -0.3 is 19.3 Å². The van der Waals surface area contributed by atoms with Gasteiger partial charge in [-0.3, -0.25) is 4.98 Å². The third-order valence-corrected chi connectivity index (χ3v) is 9.43. The highest BCUT2D eigenvalue weighted by molar-refractivity contribution is 7.91. The summed E-state index contributed by atoms with van der Waals surface area (Å²) < 4.78 is 39.4. The molecule has 2 heterocycles. The fourth-order valence-corrected chi connectivity index (χ4v) is 6.62. The standard InChI is InChI=1S/C31H41N3O5S/c1-5-23-9-12-26(13-10-23)40(36,37)29-22-32-28-14-11-24(31(35)38-8-4)21-27(28)30(29)34-17-15-25(16-18-34)39-20-19-33(6-2)7-3/h9-14,21-22,25H,5-8,15-20H2,1-4H3. The summed E-state index contributed by atoms with van der Waals surface area (Å²) in [7, 11) is -3.88. The number of benzene rings is 2. The Balaban J connectivity index is 1.70. The Kier molecular flexibility index (Phi) is 10.2. The molecule has 1 saturated heterocycles. The van der Waals surface area contributed by atoms with Crippen LogP contribution >= 0.6 is 0 Å². The van der Waals surface area contributed by atoms with Crippen LogP contribution in [0.5, 0.6) is 0 Å². The highest BCUT2D eigenvalue weighted by Gasteiger charge is 2.30. The smallest absolute Gasteiger partial charge is 0.338 e. The van der Waals surface area contributed by atoms with Crippen molar-refractivity contribution in [3.63, 3.8) is 0 Å². The van der Waals surface area contributed by atoms with E-state index in [-0.39, 0.29) is 22.5 Å². The topological polar surface area (TPSA) is 89.0 Å². The lowest BCUT2D eigenvalue weighted by atomic mass is 10.0. The zero-order valence-corrected chi connectivity index (χ0v) is 24.9. The van der Waals surface area contributed by atoms with E-state index in [1.165, 1.54) is 6.20 Å². The number of aryl methyl sites for hydroxylation is 1. The summed E-state index contributed by atoms with van der Waals surface area (Å²) in [5, 5.41) is 0.623. The summed E-state index contributed by atoms with van der Waals surface area (Å²) in [6.45, 7) is 13.2. The molecule has 9 heteroatoms. The van der Waals surface area contributed by atoms with Crippen molar-refractivity contribution in [2.45, 2.75) is 62.9 Å². The predicted octanol–water partition coefficient (Wildman–Crippen LogP) is 5.13. The van der Waals surface area contributed by atoms with Crippen LogP contribution in [0.15, 0.2) is 58.5 Å². The molecule has 1 aromatic heterocycles. The van der Waals surface area contributed by atoms with Gasteiger partial charge in [0, 0.05) is 31.2 Å². The summed E-state index contributed by atoms with van der Waals surface area (Å²) in [5.41, 5.74) is 2.64. The fourth-order valence-electron chi connectivity index (χ4n) is 5.19. The van der Waals surface area contributed by atoms with Gasteiger partial charge in [0.1, 0.15) is 4.90 Å². The van der Waals surface area contributed by atoms with Crippen LogP contribution in [-0.4, -0.2) is 76.3 Å². The van der Waals surface area contributed by atoms with Crippen molar-refractivity contribution in [3.8, 4) is 0 Å². The number of nitrogens with zero attached hydrogens (tertiary/aromatic N) is 3. The normalized spacial score (nSPS) is 14.7. The van der Waals surface area contributed by atoms with E-state index in [9.17, 15) is 13.2 Å². The molecule has 0 radical (unpaired) electrons. The molecule has 0 aliphatic carbocycles. The Morgan fingerprint density at radius 3 is 2.35 bits per heavy atom. The number of carbonyl (C=O) groups excluding carboxylic acids is 1. The quantitative estimate of drug-likeness (QED) is 0.278. The number of sulfone groups is 1. The molecule has 1 fully saturated rings. The number of carbonyl (C=O) groups is 1. The maximum atomic E-state index is 14.0. The van der Waals surface area contributed by atoms with Gasteiger partial charge in [0.15, 0.2) is 0 Å². The number of fused-ring (bicyclic) bond motifs is 1. The van der Waals surface area contributed by atoms with Crippen LogP contribution in [-0.2, 0) is 25.7 Å². The van der Waals surface area contributed by atoms with E-state index in [0.29, 0.717) is 41.9 Å². The minimum Gasteiger partial charge on any atom is -0.462 e. The number of ether oxygens (including phenoxy) is 2. The molecule has 0 saturated carbocycles. The van der Waals surface area contributed by atoms with Gasteiger partial charge in [0.25, 0.3) is 0 Å². The summed E-state index contributed by atoms with van der Waals surface area (Å²) >= 11 is 0. The van der Waals surface area contributed by atoms with Gasteiger partial charge in [-0.2, -0.15) is 0 Å². The van der Waals surface area contributed by atoms with E-state index in [2.05, 4.69) is 28.6 Å². The number of anilines is 1. The molecule has 3 aromatic rings. The molecular weight excluding hydrogens is 526 g/mol. The third-order valence-electron chi connectivity index (χ3n) is 7.66. The second-order valence-corrected chi connectivity index (χ2v) is 11.9. The molecule has 0 atom stereocenters. The van der Waals surface area contributed by atoms with Crippen LogP contribution in [0.4, 0.5) is 5.69 Å². The maximum Gasteiger partial charge on any atom is 0.338 e. The van der Waals surface area contributed by atoms with Crippen molar-refractivity contribution < 1.29 is 22.7 Å². The van der Waals surface area contributed by atoms with E-state index in [0.717, 1.165) is 44.5 Å². The summed E-state index contributed by atoms with van der Waals surface area (Å²) in [5.74, 6) is -0.445. The fraction of sp³-hybridized carbons (Fsp3) is 0.484. The average molecular weight is 568 g/mol. The first-order valence-electron chi connectivity index (χ1n) is 14.3. The van der Waals surface area contributed by atoms with Crippen molar-refractivity contribution in [1.29, 1.82) is 0 Å². The highest BCUT2D eigenvalue weighted by atomic mass is 32.2. The van der Waals surface area contributed by atoms with Gasteiger partial charge in [0.05, 0.1) is 41.0 Å². The first-order chi connectivity index (χ1) is 19.3. The van der Waals surface area contributed by atoms with Crippen molar-refractivity contribution in [2.75, 3.05) is 50.8 Å². The Morgan fingerprint density at radius 2 is 1.73 bits per heavy atom. The Labute approximate surface area is 238 Å². The van der Waals surface area contributed by atoms with E-state index >= 15 is 0 Å². The van der Waals surface area contributed by atoms with Crippen LogP contribution in [0.2, 0.25) is 0 Å². The molecule has 2 aromatic carbocycles. The van der Waals surface area contributed by atoms with E-state index in [1.807, 2.05) is 19.1 Å². The number of rotatable bonds is 12. The molecule has 1 aliphatic heterocycles. The number of aromatic nitrogens is 1. The van der Waals surface area contributed by atoms with Gasteiger partial charge in [-0.25, -0.2) is 13.2 Å². The number of hydrogen-bond donors (Lipinski definition) is 0. The predicted molar refractivity (Wildman–Crippen MR) is 158 cm³/mol. The van der Waals surface area contributed by atoms with Gasteiger partial charge >= 0.3 is 5.97 Å². The molecule has 216 valence electrons. The lowest BCUT2D eigenvalue weighted by Gasteiger charge is -2.35. The van der Waals surface area contributed by atoms with Crippen molar-refractivity contribution in [2.24, 2.45) is 0 Å². The van der Waals surface area contributed by atoms with E-state index in [4.69, 9.17) is 9.47 Å². The molecule has 4 rings (SSSR count). The lowest BCUT2D eigenvalue weighted by Crippen LogP contribution is -2.39. The number of esters is 1. The summed E-state index contributed by atoms with van der Waals surface area (Å²) in [4.78, 5) is 21.9. The molecular formula is C31H41N3O5S. The zero-order chi connectivity index (χ0) is 28.7. The number of likely N-dealkylation sites (N-methyl/N-ethyl adjacent to an activating group) is 1. The third kappa shape index (κ3) is 6.65. The first-order valence-corrected chi connectivity index (χ1v) is 15.8. The first kappa shape index (κ1) is 30.0. The molecule has 0 spiro atoms. The minimum absolute atomic E-state index is 0.122. The summed E-state index contributed by atoms with van der Waals surface area (Å²) in [6.07, 6.45) is 3.97. The largest absolute Gasteiger partial charge is 0.462 e. The number of piperidine rings is 1. The Morgan fingerprint density at radius 1 is 1.02 bits per heavy atom. The molecule has 0 unspecified atom stereocenters. The van der Waals surface area contributed by atoms with Crippen LogP contribution in [0.25, 0.3) is 10.9 Å². The highest BCUT2D eigenvalue weighted by Crippen LogP contribution is 2.38. The van der Waals surface area contributed by atoms with Crippen LogP contribution < -0.4 is 4.90 Å². The summed E-state index contributed by atoms with van der Waals surface area (Å²) in [6, 6.07) is 12.1. The molecule has 0 bridgehead atoms. The SMILES string of the molecule is CCOC(=O)c1ccc2ncc(S(=O)(=O)c3ccc(CC)cc3)c(N3CCC(OCCN(CC)CC)CC3)c2c1. The second kappa shape index (κ2) is 13.6. The number of hydrogen-bond acceptors (Lipinski definition) is 8. The van der Waals surface area contributed by atoms with Crippen molar-refractivity contribution in [3.05, 3.63) is 59.8 Å². The van der Waals surface area contributed by atoms with Crippen molar-refractivity contribution in [1.82, 2.24) is 9.88 Å².